The summed E-state index contributed by atoms with van der Waals surface area (Å²) in [4.78, 5) is 4.89. The fraction of sp³-hybridized carbons (Fsp3) is 0.333. The number of rotatable bonds is 3. The number of nitrogens with one attached hydrogen (secondary N) is 1. The van der Waals surface area contributed by atoms with Gasteiger partial charge < -0.3 is 4.84 Å². The molecule has 0 aliphatic rings. The Kier molecular flexibility index (Phi) is 3.98. The average molecular weight is 284 g/mol. The van der Waals surface area contributed by atoms with Gasteiger partial charge in [0.2, 0.25) is 0 Å². The van der Waals surface area contributed by atoms with Crippen LogP contribution in [0.1, 0.15) is 12.5 Å². The SMILES string of the molecule is CCNOc1cc(Br)cc(C(F)(F)F)c1. The second-order valence-electron chi connectivity index (χ2n) is 2.77. The highest BCUT2D eigenvalue weighted by molar-refractivity contribution is 9.10. The van der Waals surface area contributed by atoms with Crippen LogP contribution in [-0.2, 0) is 6.18 Å². The first-order chi connectivity index (χ1) is 6.93. The van der Waals surface area contributed by atoms with Crippen molar-refractivity contribution < 1.29 is 18.0 Å². The van der Waals surface area contributed by atoms with Crippen molar-refractivity contribution >= 4 is 15.9 Å². The van der Waals surface area contributed by atoms with Crippen molar-refractivity contribution in [2.24, 2.45) is 0 Å². The molecule has 0 aromatic heterocycles. The van der Waals surface area contributed by atoms with E-state index in [0.29, 0.717) is 11.0 Å². The van der Waals surface area contributed by atoms with E-state index in [9.17, 15) is 13.2 Å². The van der Waals surface area contributed by atoms with E-state index in [-0.39, 0.29) is 5.75 Å². The van der Waals surface area contributed by atoms with Gasteiger partial charge in [0.05, 0.1) is 5.56 Å². The summed E-state index contributed by atoms with van der Waals surface area (Å²) >= 11 is 2.99. The molecule has 6 heteroatoms. The normalized spacial score (nSPS) is 11.5. The predicted molar refractivity (Wildman–Crippen MR) is 53.4 cm³/mol. The van der Waals surface area contributed by atoms with Crippen LogP contribution in [-0.4, -0.2) is 6.54 Å². The van der Waals surface area contributed by atoms with Crippen LogP contribution in [0.3, 0.4) is 0 Å². The maximum absolute atomic E-state index is 12.4. The van der Waals surface area contributed by atoms with Gasteiger partial charge in [-0.25, -0.2) is 0 Å². The fourth-order valence-electron chi connectivity index (χ4n) is 0.941. The van der Waals surface area contributed by atoms with Gasteiger partial charge in [-0.2, -0.15) is 18.7 Å². The van der Waals surface area contributed by atoms with E-state index >= 15 is 0 Å². The molecule has 1 rings (SSSR count). The third-order valence-electron chi connectivity index (χ3n) is 1.53. The van der Waals surface area contributed by atoms with Crippen LogP contribution in [0.15, 0.2) is 22.7 Å². The maximum Gasteiger partial charge on any atom is 0.416 e. The molecule has 1 N–H and O–H groups in total. The zero-order chi connectivity index (χ0) is 11.5. The molecule has 0 atom stereocenters. The molecule has 2 nitrogen and oxygen atoms in total. The van der Waals surface area contributed by atoms with Crippen molar-refractivity contribution in [1.82, 2.24) is 5.48 Å². The zero-order valence-electron chi connectivity index (χ0n) is 7.86. The number of hydroxylamine groups is 1. The number of hydrogen-bond acceptors (Lipinski definition) is 2. The lowest BCUT2D eigenvalue weighted by Crippen LogP contribution is -2.17. The lowest BCUT2D eigenvalue weighted by atomic mass is 10.2. The highest BCUT2D eigenvalue weighted by Crippen LogP contribution is 2.33. The molecule has 15 heavy (non-hydrogen) atoms. The van der Waals surface area contributed by atoms with E-state index in [2.05, 4.69) is 21.4 Å². The van der Waals surface area contributed by atoms with Crippen LogP contribution in [0.2, 0.25) is 0 Å². The van der Waals surface area contributed by atoms with Gasteiger partial charge >= 0.3 is 6.18 Å². The Morgan fingerprint density at radius 2 is 2.00 bits per heavy atom. The van der Waals surface area contributed by atoms with Gasteiger partial charge in [0.1, 0.15) is 5.75 Å². The van der Waals surface area contributed by atoms with Gasteiger partial charge in [0.25, 0.3) is 0 Å². The Labute approximate surface area is 93.5 Å². The van der Waals surface area contributed by atoms with Crippen molar-refractivity contribution in [2.45, 2.75) is 13.1 Å². The lowest BCUT2D eigenvalue weighted by molar-refractivity contribution is -0.137. The summed E-state index contributed by atoms with van der Waals surface area (Å²) in [6.45, 7) is 2.29. The highest BCUT2D eigenvalue weighted by Gasteiger charge is 2.31. The highest BCUT2D eigenvalue weighted by atomic mass is 79.9. The van der Waals surface area contributed by atoms with Gasteiger partial charge in [0.15, 0.2) is 0 Å². The number of hydrogen-bond donors (Lipinski definition) is 1. The molecule has 0 fully saturated rings. The average Bonchev–Trinajstić information content (AvgIpc) is 2.12. The molecule has 0 radical (unpaired) electrons. The third-order valence-corrected chi connectivity index (χ3v) is 1.99. The van der Waals surface area contributed by atoms with E-state index < -0.39 is 11.7 Å². The summed E-state index contributed by atoms with van der Waals surface area (Å²) in [6, 6.07) is 3.39. The van der Waals surface area contributed by atoms with E-state index in [1.807, 2.05) is 0 Å². The molecule has 1 aromatic rings. The van der Waals surface area contributed by atoms with Gasteiger partial charge in [-0.15, -0.1) is 0 Å². The van der Waals surface area contributed by atoms with E-state index in [1.54, 1.807) is 6.92 Å². The Morgan fingerprint density at radius 3 is 2.53 bits per heavy atom. The summed E-state index contributed by atoms with van der Waals surface area (Å²) in [5.74, 6) is 0.124. The third kappa shape index (κ3) is 3.71. The van der Waals surface area contributed by atoms with Crippen molar-refractivity contribution in [3.05, 3.63) is 28.2 Å². The summed E-state index contributed by atoms with van der Waals surface area (Å²) in [5.41, 5.74) is 1.74. The van der Waals surface area contributed by atoms with Crippen molar-refractivity contribution in [1.29, 1.82) is 0 Å². The van der Waals surface area contributed by atoms with Crippen LogP contribution >= 0.6 is 15.9 Å². The first-order valence-corrected chi connectivity index (χ1v) is 5.00. The lowest BCUT2D eigenvalue weighted by Gasteiger charge is -2.10. The molecule has 0 spiro atoms. The molecule has 0 amide bonds. The van der Waals surface area contributed by atoms with Crippen molar-refractivity contribution in [2.75, 3.05) is 6.54 Å². The minimum Gasteiger partial charge on any atom is -0.409 e. The zero-order valence-corrected chi connectivity index (χ0v) is 9.45. The second kappa shape index (κ2) is 4.85. The largest absolute Gasteiger partial charge is 0.416 e. The maximum atomic E-state index is 12.4. The molecule has 0 bridgehead atoms. The monoisotopic (exact) mass is 283 g/mol. The molecule has 0 aliphatic carbocycles. The molecular formula is C9H9BrF3NO. The predicted octanol–water partition coefficient (Wildman–Crippen LogP) is 3.37. The topological polar surface area (TPSA) is 21.3 Å². The molecule has 1 aromatic carbocycles. The van der Waals surface area contributed by atoms with Crippen LogP contribution in [0, 0.1) is 0 Å². The van der Waals surface area contributed by atoms with Crippen molar-refractivity contribution in [3.8, 4) is 5.75 Å². The Morgan fingerprint density at radius 1 is 1.33 bits per heavy atom. The van der Waals surface area contributed by atoms with Crippen LogP contribution in [0.5, 0.6) is 5.75 Å². The summed E-state index contributed by atoms with van der Waals surface area (Å²) in [6.07, 6.45) is -4.37. The fourth-order valence-corrected chi connectivity index (χ4v) is 1.41. The van der Waals surface area contributed by atoms with Gasteiger partial charge in [0, 0.05) is 11.0 Å². The minimum absolute atomic E-state index is 0.124. The van der Waals surface area contributed by atoms with Crippen LogP contribution < -0.4 is 10.3 Å². The minimum atomic E-state index is -4.37. The van der Waals surface area contributed by atoms with E-state index in [0.717, 1.165) is 12.1 Å². The quantitative estimate of drug-likeness (QED) is 0.859. The van der Waals surface area contributed by atoms with Crippen molar-refractivity contribution in [3.63, 3.8) is 0 Å². The Balaban J connectivity index is 2.95. The number of alkyl halides is 3. The van der Waals surface area contributed by atoms with Crippen LogP contribution in [0.4, 0.5) is 13.2 Å². The summed E-state index contributed by atoms with van der Waals surface area (Å²) in [5, 5.41) is 0. The molecule has 0 unspecified atom stereocenters. The van der Waals surface area contributed by atoms with E-state index in [4.69, 9.17) is 4.84 Å². The summed E-state index contributed by atoms with van der Waals surface area (Å²) < 4.78 is 37.4. The summed E-state index contributed by atoms with van der Waals surface area (Å²) in [7, 11) is 0. The molecule has 0 saturated carbocycles. The Hall–Kier alpha value is -0.750. The van der Waals surface area contributed by atoms with Gasteiger partial charge in [-0.3, -0.25) is 0 Å². The van der Waals surface area contributed by atoms with Gasteiger partial charge in [-0.1, -0.05) is 15.9 Å². The first-order valence-electron chi connectivity index (χ1n) is 4.21. The molecule has 0 aliphatic heterocycles. The molecular weight excluding hydrogens is 275 g/mol. The number of halogens is 4. The van der Waals surface area contributed by atoms with Crippen LogP contribution in [0.25, 0.3) is 0 Å². The molecule has 0 saturated heterocycles. The molecule has 84 valence electrons. The van der Waals surface area contributed by atoms with Gasteiger partial charge in [-0.05, 0) is 25.1 Å². The standard InChI is InChI=1S/C9H9BrF3NO/c1-2-14-15-8-4-6(9(11,12)13)3-7(10)5-8/h3-5,14H,2H2,1H3. The molecule has 0 heterocycles. The smallest absolute Gasteiger partial charge is 0.409 e. The first kappa shape index (κ1) is 12.3. The van der Waals surface area contributed by atoms with E-state index in [1.165, 1.54) is 6.07 Å². The second-order valence-corrected chi connectivity index (χ2v) is 3.69. The number of benzene rings is 1. The Bertz CT molecular complexity index is 341.